The van der Waals surface area contributed by atoms with Crippen LogP contribution in [0.4, 0.5) is 4.79 Å². The van der Waals surface area contributed by atoms with E-state index < -0.39 is 17.7 Å². The summed E-state index contributed by atoms with van der Waals surface area (Å²) < 4.78 is 10.5. The average molecular weight is 327 g/mol. The average Bonchev–Trinajstić information content (AvgIpc) is 2.51. The molecule has 24 heavy (non-hydrogen) atoms. The molecule has 0 saturated carbocycles. The van der Waals surface area contributed by atoms with Crippen molar-refractivity contribution in [3.63, 3.8) is 0 Å². The van der Waals surface area contributed by atoms with Crippen LogP contribution in [0, 0.1) is 22.7 Å². The monoisotopic (exact) mass is 327 g/mol. The van der Waals surface area contributed by atoms with Crippen molar-refractivity contribution < 1.29 is 14.3 Å². The topological polar surface area (TPSA) is 95.1 Å². The van der Waals surface area contributed by atoms with Gasteiger partial charge in [0, 0.05) is 6.42 Å². The molecule has 0 aliphatic carbocycles. The molecule has 0 radical (unpaired) electrons. The highest BCUT2D eigenvalue weighted by molar-refractivity contribution is 5.69. The molecule has 0 aliphatic rings. The largest absolute Gasteiger partial charge is 0.497 e. The Morgan fingerprint density at radius 3 is 2.25 bits per heavy atom. The number of allylic oxidation sites excluding steroid dienone is 1. The van der Waals surface area contributed by atoms with E-state index in [9.17, 15) is 4.79 Å². The minimum Gasteiger partial charge on any atom is -0.497 e. The number of nitrogens with one attached hydrogen (secondary N) is 1. The van der Waals surface area contributed by atoms with Crippen molar-refractivity contribution in [2.45, 2.75) is 38.8 Å². The number of hydrogen-bond acceptors (Lipinski definition) is 5. The summed E-state index contributed by atoms with van der Waals surface area (Å²) in [6.45, 7) is 5.26. The maximum Gasteiger partial charge on any atom is 0.408 e. The van der Waals surface area contributed by atoms with Crippen molar-refractivity contribution in [1.29, 1.82) is 10.5 Å². The van der Waals surface area contributed by atoms with Crippen LogP contribution in [0.5, 0.6) is 0 Å². The summed E-state index contributed by atoms with van der Waals surface area (Å²) in [4.78, 5) is 12.1. The fourth-order valence-corrected chi connectivity index (χ4v) is 2.06. The Hall–Kier alpha value is -2.99. The lowest BCUT2D eigenvalue weighted by molar-refractivity contribution is 0.0497. The third kappa shape index (κ3) is 6.02. The summed E-state index contributed by atoms with van der Waals surface area (Å²) in [6.07, 6.45) is -0.288. The highest BCUT2D eigenvalue weighted by Gasteiger charge is 2.25. The van der Waals surface area contributed by atoms with Gasteiger partial charge in [-0.2, -0.15) is 10.5 Å². The highest BCUT2D eigenvalue weighted by Crippen LogP contribution is 2.16. The molecule has 0 spiro atoms. The molecule has 0 aliphatic heterocycles. The third-order valence-electron chi connectivity index (χ3n) is 2.98. The van der Waals surface area contributed by atoms with E-state index in [1.165, 1.54) is 7.11 Å². The zero-order chi connectivity index (χ0) is 18.2. The van der Waals surface area contributed by atoms with Crippen LogP contribution in [0.15, 0.2) is 41.7 Å². The first-order valence-electron chi connectivity index (χ1n) is 7.42. The van der Waals surface area contributed by atoms with Crippen LogP contribution in [-0.4, -0.2) is 24.8 Å². The molecule has 0 heterocycles. The summed E-state index contributed by atoms with van der Waals surface area (Å²) in [6, 6.07) is 12.3. The maximum absolute atomic E-state index is 12.1. The Morgan fingerprint density at radius 2 is 1.79 bits per heavy atom. The number of ether oxygens (including phenoxy) is 2. The van der Waals surface area contributed by atoms with Gasteiger partial charge in [0.1, 0.15) is 23.5 Å². The van der Waals surface area contributed by atoms with Gasteiger partial charge in [0.15, 0.2) is 5.57 Å². The Bertz CT molecular complexity index is 660. The second-order valence-electron chi connectivity index (χ2n) is 6.06. The molecule has 0 bridgehead atoms. The third-order valence-corrected chi connectivity index (χ3v) is 2.98. The fraction of sp³-hybridized carbons (Fsp3) is 0.389. The summed E-state index contributed by atoms with van der Waals surface area (Å²) >= 11 is 0. The van der Waals surface area contributed by atoms with Gasteiger partial charge in [-0.15, -0.1) is 0 Å². The normalized spacial score (nSPS) is 11.4. The molecule has 1 rings (SSSR count). The van der Waals surface area contributed by atoms with E-state index in [1.54, 1.807) is 32.9 Å². The lowest BCUT2D eigenvalue weighted by Gasteiger charge is -2.24. The molecule has 6 heteroatoms. The van der Waals surface area contributed by atoms with Gasteiger partial charge in [0.25, 0.3) is 0 Å². The first-order chi connectivity index (χ1) is 11.3. The van der Waals surface area contributed by atoms with Gasteiger partial charge in [-0.25, -0.2) is 4.79 Å². The van der Waals surface area contributed by atoms with Crippen LogP contribution in [0.3, 0.4) is 0 Å². The molecule has 0 unspecified atom stereocenters. The Morgan fingerprint density at radius 1 is 1.21 bits per heavy atom. The van der Waals surface area contributed by atoms with E-state index in [4.69, 9.17) is 20.0 Å². The quantitative estimate of drug-likeness (QED) is 0.662. The van der Waals surface area contributed by atoms with Crippen molar-refractivity contribution in [2.75, 3.05) is 7.11 Å². The smallest absolute Gasteiger partial charge is 0.408 e. The van der Waals surface area contributed by atoms with Crippen LogP contribution in [0.25, 0.3) is 0 Å². The summed E-state index contributed by atoms with van der Waals surface area (Å²) in [5.41, 5.74) is 0.0730. The van der Waals surface area contributed by atoms with Crippen molar-refractivity contribution in [3.8, 4) is 12.1 Å². The standard InChI is InChI=1S/C18H21N3O3/c1-18(2,3)24-17(22)21-15(10-13-8-6-5-7-9-13)16(23-4)14(11-19)12-20/h5-9,15H,10H2,1-4H3,(H,21,22)/t15-/m0/s1. The molecule has 0 fully saturated rings. The van der Waals surface area contributed by atoms with Crippen LogP contribution in [0.1, 0.15) is 26.3 Å². The molecule has 1 aromatic rings. The Labute approximate surface area is 142 Å². The fourth-order valence-electron chi connectivity index (χ4n) is 2.06. The van der Waals surface area contributed by atoms with E-state index >= 15 is 0 Å². The molecular formula is C18H21N3O3. The van der Waals surface area contributed by atoms with E-state index in [0.29, 0.717) is 6.42 Å². The predicted octanol–water partition coefficient (Wildman–Crippen LogP) is 3.07. The number of methoxy groups -OCH3 is 1. The van der Waals surface area contributed by atoms with Gasteiger partial charge in [0.2, 0.25) is 0 Å². The van der Waals surface area contributed by atoms with Gasteiger partial charge in [-0.3, -0.25) is 0 Å². The number of carbonyl (C=O) groups is 1. The maximum atomic E-state index is 12.1. The number of rotatable bonds is 5. The van der Waals surface area contributed by atoms with E-state index in [-0.39, 0.29) is 11.3 Å². The van der Waals surface area contributed by atoms with Crippen molar-refractivity contribution in [3.05, 3.63) is 47.2 Å². The number of alkyl carbamates (subject to hydrolysis) is 1. The predicted molar refractivity (Wildman–Crippen MR) is 88.6 cm³/mol. The van der Waals surface area contributed by atoms with Gasteiger partial charge in [-0.1, -0.05) is 30.3 Å². The number of nitrogens with zero attached hydrogens (tertiary/aromatic N) is 2. The summed E-state index contributed by atoms with van der Waals surface area (Å²) in [7, 11) is 1.36. The number of amides is 1. The second kappa shape index (κ2) is 8.59. The minimum absolute atomic E-state index is 0.106. The number of carbonyl (C=O) groups excluding carboxylic acids is 1. The molecule has 1 aromatic carbocycles. The Kier molecular flexibility index (Phi) is 6.82. The second-order valence-corrected chi connectivity index (χ2v) is 6.06. The highest BCUT2D eigenvalue weighted by atomic mass is 16.6. The van der Waals surface area contributed by atoms with Crippen molar-refractivity contribution >= 4 is 6.09 Å². The Balaban J connectivity index is 3.12. The SMILES string of the molecule is COC(=C(C#N)C#N)[C@H](Cc1ccccc1)NC(=O)OC(C)(C)C. The zero-order valence-electron chi connectivity index (χ0n) is 14.3. The summed E-state index contributed by atoms with van der Waals surface area (Å²) in [5.74, 6) is 0.106. The molecule has 1 N–H and O–H groups in total. The number of nitriles is 2. The van der Waals surface area contributed by atoms with E-state index in [1.807, 2.05) is 30.3 Å². The van der Waals surface area contributed by atoms with Crippen LogP contribution >= 0.6 is 0 Å². The molecule has 1 amide bonds. The lowest BCUT2D eigenvalue weighted by atomic mass is 10.0. The minimum atomic E-state index is -0.693. The molecule has 1 atom stereocenters. The first kappa shape index (κ1) is 19.1. The number of benzene rings is 1. The first-order valence-corrected chi connectivity index (χ1v) is 7.42. The zero-order valence-corrected chi connectivity index (χ0v) is 14.3. The van der Waals surface area contributed by atoms with Crippen LogP contribution in [-0.2, 0) is 15.9 Å². The van der Waals surface area contributed by atoms with Gasteiger partial charge in [0.05, 0.1) is 13.2 Å². The number of hydrogen-bond donors (Lipinski definition) is 1. The van der Waals surface area contributed by atoms with Crippen molar-refractivity contribution in [2.24, 2.45) is 0 Å². The van der Waals surface area contributed by atoms with Crippen molar-refractivity contribution in [1.82, 2.24) is 5.32 Å². The molecule has 0 saturated heterocycles. The van der Waals surface area contributed by atoms with Crippen LogP contribution in [0.2, 0.25) is 0 Å². The molecule has 6 nitrogen and oxygen atoms in total. The molecule has 0 aromatic heterocycles. The lowest BCUT2D eigenvalue weighted by Crippen LogP contribution is -2.42. The van der Waals surface area contributed by atoms with Gasteiger partial charge >= 0.3 is 6.09 Å². The molecule has 126 valence electrons. The van der Waals surface area contributed by atoms with E-state index in [0.717, 1.165) is 5.56 Å². The van der Waals surface area contributed by atoms with Gasteiger partial charge < -0.3 is 14.8 Å². The molecular weight excluding hydrogens is 306 g/mol. The van der Waals surface area contributed by atoms with E-state index in [2.05, 4.69) is 5.32 Å². The van der Waals surface area contributed by atoms with Crippen LogP contribution < -0.4 is 5.32 Å². The van der Waals surface area contributed by atoms with Gasteiger partial charge in [-0.05, 0) is 26.3 Å². The summed E-state index contributed by atoms with van der Waals surface area (Å²) in [5, 5.41) is 20.9.